The lowest BCUT2D eigenvalue weighted by atomic mass is 10.0. The van der Waals surface area contributed by atoms with Gasteiger partial charge in [0.15, 0.2) is 0 Å². The molecule has 1 fully saturated rings. The van der Waals surface area contributed by atoms with Gasteiger partial charge in [0.2, 0.25) is 0 Å². The van der Waals surface area contributed by atoms with Gasteiger partial charge in [0, 0.05) is 51.3 Å². The minimum absolute atomic E-state index is 0.170. The Bertz CT molecular complexity index is 1520. The van der Waals surface area contributed by atoms with Crippen LogP contribution >= 0.6 is 11.3 Å². The number of aromatic nitrogens is 4. The molecule has 4 aromatic rings. The van der Waals surface area contributed by atoms with Crippen molar-refractivity contribution in [1.29, 1.82) is 0 Å². The molecule has 1 aliphatic heterocycles. The Hall–Kier alpha value is -3.83. The van der Waals surface area contributed by atoms with E-state index in [-0.39, 0.29) is 17.4 Å². The summed E-state index contributed by atoms with van der Waals surface area (Å²) in [5.41, 5.74) is 3.16. The molecule has 2 amide bonds. The molecule has 0 aliphatic carbocycles. The highest BCUT2D eigenvalue weighted by Gasteiger charge is 2.31. The first-order chi connectivity index (χ1) is 18.6. The molecule has 39 heavy (non-hydrogen) atoms. The summed E-state index contributed by atoms with van der Waals surface area (Å²) in [7, 11) is 3.89. The van der Waals surface area contributed by atoms with Crippen LogP contribution in [0.1, 0.15) is 53.1 Å². The van der Waals surface area contributed by atoms with Crippen LogP contribution in [0.15, 0.2) is 43.0 Å². The number of nitrogens with zero attached hydrogens (tertiary/aromatic N) is 6. The average molecular weight is 547 g/mol. The Labute approximate surface area is 232 Å². The van der Waals surface area contributed by atoms with Crippen LogP contribution in [-0.4, -0.2) is 75.6 Å². The van der Waals surface area contributed by atoms with Gasteiger partial charge in [-0.25, -0.2) is 9.50 Å². The fourth-order valence-corrected chi connectivity index (χ4v) is 5.90. The van der Waals surface area contributed by atoms with E-state index in [1.54, 1.807) is 36.1 Å². The summed E-state index contributed by atoms with van der Waals surface area (Å²) in [6.07, 6.45) is 9.13. The van der Waals surface area contributed by atoms with E-state index in [1.807, 2.05) is 37.3 Å². The average Bonchev–Trinajstić information content (AvgIpc) is 3.59. The minimum Gasteiger partial charge on any atom is -0.363 e. The largest absolute Gasteiger partial charge is 0.363 e. The van der Waals surface area contributed by atoms with Gasteiger partial charge in [-0.15, -0.1) is 11.3 Å². The van der Waals surface area contributed by atoms with E-state index in [9.17, 15) is 9.59 Å². The summed E-state index contributed by atoms with van der Waals surface area (Å²) < 4.78 is 1.71. The maximum absolute atomic E-state index is 13.3. The van der Waals surface area contributed by atoms with Crippen LogP contribution in [-0.2, 0) is 0 Å². The quantitative estimate of drug-likeness (QED) is 0.343. The molecule has 1 aliphatic rings. The van der Waals surface area contributed by atoms with Crippen molar-refractivity contribution in [3.63, 3.8) is 0 Å². The van der Waals surface area contributed by atoms with E-state index in [1.165, 1.54) is 24.2 Å². The molecule has 2 N–H and O–H groups in total. The van der Waals surface area contributed by atoms with Crippen LogP contribution in [0, 0.1) is 6.92 Å². The molecule has 0 unspecified atom stereocenters. The number of carbonyl (C=O) groups is 2. The molecular weight excluding hydrogens is 512 g/mol. The van der Waals surface area contributed by atoms with E-state index in [2.05, 4.69) is 44.4 Å². The van der Waals surface area contributed by atoms with Gasteiger partial charge < -0.3 is 15.5 Å². The van der Waals surface area contributed by atoms with E-state index in [0.29, 0.717) is 29.1 Å². The lowest BCUT2D eigenvalue weighted by Gasteiger charge is -2.31. The molecule has 0 spiro atoms. The first-order valence-electron chi connectivity index (χ1n) is 13.0. The van der Waals surface area contributed by atoms with Gasteiger partial charge in [-0.1, -0.05) is 0 Å². The third kappa shape index (κ3) is 5.64. The monoisotopic (exact) mass is 546 g/mol. The van der Waals surface area contributed by atoms with Crippen LogP contribution in [0.3, 0.4) is 0 Å². The predicted molar refractivity (Wildman–Crippen MR) is 155 cm³/mol. The zero-order valence-corrected chi connectivity index (χ0v) is 23.8. The number of carbonyl (C=O) groups excluding carboxylic acids is 2. The maximum atomic E-state index is 13.3. The topological polar surface area (TPSA) is 108 Å². The second-order valence-electron chi connectivity index (χ2n) is 10.7. The van der Waals surface area contributed by atoms with Gasteiger partial charge in [-0.2, -0.15) is 5.10 Å². The second-order valence-corrected chi connectivity index (χ2v) is 11.7. The molecule has 204 valence electrons. The van der Waals surface area contributed by atoms with E-state index in [4.69, 9.17) is 0 Å². The van der Waals surface area contributed by atoms with Gasteiger partial charge in [0.1, 0.15) is 10.6 Å². The van der Waals surface area contributed by atoms with Gasteiger partial charge in [0.05, 0.1) is 33.6 Å². The van der Waals surface area contributed by atoms with Crippen molar-refractivity contribution in [3.05, 3.63) is 59.8 Å². The molecular formula is C28H34N8O2S. The number of hydrogen-bond donors (Lipinski definition) is 2. The van der Waals surface area contributed by atoms with Gasteiger partial charge >= 0.3 is 0 Å². The Morgan fingerprint density at radius 2 is 1.97 bits per heavy atom. The highest BCUT2D eigenvalue weighted by atomic mass is 32.1. The summed E-state index contributed by atoms with van der Waals surface area (Å²) in [5.74, 6) is 0.337. The predicted octanol–water partition coefficient (Wildman–Crippen LogP) is 4.08. The summed E-state index contributed by atoms with van der Waals surface area (Å²) in [4.78, 5) is 40.9. The third-order valence-electron chi connectivity index (χ3n) is 7.27. The first kappa shape index (κ1) is 26.8. The molecule has 1 saturated heterocycles. The smallest absolute Gasteiger partial charge is 0.260 e. The van der Waals surface area contributed by atoms with E-state index < -0.39 is 0 Å². The lowest BCUT2D eigenvalue weighted by Crippen LogP contribution is -2.43. The van der Waals surface area contributed by atoms with Crippen molar-refractivity contribution in [1.82, 2.24) is 29.8 Å². The third-order valence-corrected chi connectivity index (χ3v) is 8.43. The number of aryl methyl sites for hydroxylation is 1. The molecule has 5 heterocycles. The normalized spacial score (nSPS) is 15.0. The second kappa shape index (κ2) is 10.7. The number of anilines is 2. The van der Waals surface area contributed by atoms with Gasteiger partial charge in [-0.3, -0.25) is 19.5 Å². The molecule has 4 aromatic heterocycles. The highest BCUT2D eigenvalue weighted by molar-refractivity contribution is 7.21. The maximum Gasteiger partial charge on any atom is 0.260 e. The molecule has 0 atom stereocenters. The van der Waals surface area contributed by atoms with E-state index >= 15 is 0 Å². The fourth-order valence-electron chi connectivity index (χ4n) is 4.85. The Morgan fingerprint density at radius 1 is 1.15 bits per heavy atom. The van der Waals surface area contributed by atoms with Crippen LogP contribution in [0.5, 0.6) is 0 Å². The van der Waals surface area contributed by atoms with Crippen molar-refractivity contribution in [2.24, 2.45) is 0 Å². The summed E-state index contributed by atoms with van der Waals surface area (Å²) >= 11 is 1.48. The number of likely N-dealkylation sites (tertiary alicyclic amines) is 1. The number of rotatable bonds is 8. The molecule has 0 bridgehead atoms. The molecule has 0 radical (unpaired) electrons. The fraction of sp³-hybridized carbons (Fsp3) is 0.393. The standard InChI is InChI=1S/C28H34N8O2S/c1-18-22(13-20(15-31-18)25(37)30-10-12-35-11-6-8-28(35,2)3)33-26(38)21-16-32-36-17-23(39-27(21)36)19-7-9-29-24(14-19)34(4)5/h7,9,13-17H,6,8,10-12H2,1-5H3,(H,30,37)(H,33,38). The lowest BCUT2D eigenvalue weighted by molar-refractivity contribution is 0.0938. The van der Waals surface area contributed by atoms with Crippen molar-refractivity contribution < 1.29 is 9.59 Å². The number of fused-ring (bicyclic) bond motifs is 1. The Morgan fingerprint density at radius 3 is 2.72 bits per heavy atom. The van der Waals surface area contributed by atoms with Crippen molar-refractivity contribution in [3.8, 4) is 10.4 Å². The molecule has 10 nitrogen and oxygen atoms in total. The molecule has 11 heteroatoms. The van der Waals surface area contributed by atoms with Crippen LogP contribution in [0.25, 0.3) is 15.3 Å². The zero-order chi connectivity index (χ0) is 27.7. The number of hydrogen-bond acceptors (Lipinski definition) is 8. The summed E-state index contributed by atoms with van der Waals surface area (Å²) in [6, 6.07) is 5.62. The molecule has 0 aromatic carbocycles. The van der Waals surface area contributed by atoms with Crippen LogP contribution in [0.4, 0.5) is 11.5 Å². The van der Waals surface area contributed by atoms with Crippen LogP contribution in [0.2, 0.25) is 0 Å². The minimum atomic E-state index is -0.305. The SMILES string of the molecule is Cc1ncc(C(=O)NCCN2CCCC2(C)C)cc1NC(=O)c1cnn2cc(-c3ccnc(N(C)C)c3)sc12. The highest BCUT2D eigenvalue weighted by Crippen LogP contribution is 2.32. The number of pyridine rings is 2. The van der Waals surface area contributed by atoms with Crippen molar-refractivity contribution >= 4 is 39.5 Å². The van der Waals surface area contributed by atoms with Crippen molar-refractivity contribution in [2.45, 2.75) is 39.2 Å². The molecule has 5 rings (SSSR count). The van der Waals surface area contributed by atoms with E-state index in [0.717, 1.165) is 34.2 Å². The number of nitrogens with one attached hydrogen (secondary N) is 2. The van der Waals surface area contributed by atoms with Gasteiger partial charge in [-0.05, 0) is 63.9 Å². The first-order valence-corrected chi connectivity index (χ1v) is 13.9. The Kier molecular flexibility index (Phi) is 7.37. The number of thiazole rings is 1. The van der Waals surface area contributed by atoms with Crippen LogP contribution < -0.4 is 15.5 Å². The summed E-state index contributed by atoms with van der Waals surface area (Å²) in [6.45, 7) is 8.70. The van der Waals surface area contributed by atoms with Gasteiger partial charge in [0.25, 0.3) is 11.8 Å². The molecule has 0 saturated carbocycles. The van der Waals surface area contributed by atoms with Crippen molar-refractivity contribution in [2.75, 3.05) is 43.9 Å². The Balaban J connectivity index is 1.28. The summed E-state index contributed by atoms with van der Waals surface area (Å²) in [5, 5.41) is 10.3. The number of amides is 2. The zero-order valence-electron chi connectivity index (χ0n) is 23.0.